The van der Waals surface area contributed by atoms with Gasteiger partial charge in [0.05, 0.1) is 5.75 Å². The molecule has 0 atom stereocenters. The van der Waals surface area contributed by atoms with Crippen LogP contribution in [0.15, 0.2) is 64.5 Å². The highest BCUT2D eigenvalue weighted by Crippen LogP contribution is 2.29. The fourth-order valence-electron chi connectivity index (χ4n) is 3.24. The number of hydrogen-bond donors (Lipinski definition) is 1. The molecule has 0 bridgehead atoms. The molecule has 31 heavy (non-hydrogen) atoms. The van der Waals surface area contributed by atoms with Crippen LogP contribution < -0.4 is 10.9 Å². The molecule has 0 fully saturated rings. The molecular weight excluding hydrogens is 428 g/mol. The minimum Gasteiger partial charge on any atom is -0.325 e. The van der Waals surface area contributed by atoms with Gasteiger partial charge < -0.3 is 5.32 Å². The number of thioether (sulfide) groups is 1. The first-order valence-electron chi connectivity index (χ1n) is 10.0. The van der Waals surface area contributed by atoms with Gasteiger partial charge in [0.1, 0.15) is 15.9 Å². The Hall–Kier alpha value is -2.97. The standard InChI is InChI=1S/C23H22N4O2S2/c1-3-13-27-22(29)21-20(19(26-31-21)16-10-5-4-6-11-16)25-23(27)30-14-18(28)24-17-12-8-7-9-15(17)2/h4-12H,3,13-14H2,1-2H3,(H,24,28). The predicted octanol–water partition coefficient (Wildman–Crippen LogP) is 4.97. The molecule has 4 aromatic rings. The van der Waals surface area contributed by atoms with Gasteiger partial charge in [0.15, 0.2) is 5.16 Å². The summed E-state index contributed by atoms with van der Waals surface area (Å²) in [5.74, 6) is 0.0252. The Morgan fingerprint density at radius 2 is 1.87 bits per heavy atom. The zero-order valence-electron chi connectivity index (χ0n) is 17.3. The number of fused-ring (bicyclic) bond motifs is 1. The largest absolute Gasteiger partial charge is 0.325 e. The normalized spacial score (nSPS) is 11.0. The quantitative estimate of drug-likeness (QED) is 0.318. The summed E-state index contributed by atoms with van der Waals surface area (Å²) in [7, 11) is 0. The highest BCUT2D eigenvalue weighted by atomic mass is 32.2. The third-order valence-electron chi connectivity index (χ3n) is 4.79. The third kappa shape index (κ3) is 4.55. The number of aryl methyl sites for hydroxylation is 1. The minimum atomic E-state index is -0.136. The van der Waals surface area contributed by atoms with Gasteiger partial charge in [-0.25, -0.2) is 4.98 Å². The average molecular weight is 451 g/mol. The van der Waals surface area contributed by atoms with Crippen molar-refractivity contribution in [1.82, 2.24) is 13.9 Å². The SMILES string of the molecule is CCCn1c(SCC(=O)Nc2ccccc2C)nc2c(-c3ccccc3)nsc2c1=O. The van der Waals surface area contributed by atoms with E-state index < -0.39 is 0 Å². The van der Waals surface area contributed by atoms with E-state index in [9.17, 15) is 9.59 Å². The molecule has 0 aliphatic heterocycles. The van der Waals surface area contributed by atoms with Gasteiger partial charge in [-0.15, -0.1) is 0 Å². The number of hydrogen-bond acceptors (Lipinski definition) is 6. The molecule has 1 N–H and O–H groups in total. The molecule has 0 aliphatic rings. The number of carbonyl (C=O) groups is 1. The predicted molar refractivity (Wildman–Crippen MR) is 128 cm³/mol. The van der Waals surface area contributed by atoms with E-state index in [1.165, 1.54) is 23.3 Å². The van der Waals surface area contributed by atoms with E-state index in [0.717, 1.165) is 23.2 Å². The van der Waals surface area contributed by atoms with Crippen LogP contribution in [0.4, 0.5) is 5.69 Å². The van der Waals surface area contributed by atoms with Gasteiger partial charge in [-0.2, -0.15) is 4.37 Å². The maximum absolute atomic E-state index is 13.1. The van der Waals surface area contributed by atoms with Gasteiger partial charge in [-0.05, 0) is 36.5 Å². The van der Waals surface area contributed by atoms with Gasteiger partial charge in [0, 0.05) is 17.8 Å². The Morgan fingerprint density at radius 1 is 1.13 bits per heavy atom. The van der Waals surface area contributed by atoms with Crippen molar-refractivity contribution in [2.75, 3.05) is 11.1 Å². The molecule has 8 heteroatoms. The van der Waals surface area contributed by atoms with E-state index in [1.54, 1.807) is 4.57 Å². The number of nitrogens with zero attached hydrogens (tertiary/aromatic N) is 3. The lowest BCUT2D eigenvalue weighted by Crippen LogP contribution is -2.23. The van der Waals surface area contributed by atoms with Crippen molar-refractivity contribution in [3.63, 3.8) is 0 Å². The molecule has 6 nitrogen and oxygen atoms in total. The molecule has 1 amide bonds. The second-order valence-corrected chi connectivity index (χ2v) is 8.79. The van der Waals surface area contributed by atoms with E-state index in [2.05, 4.69) is 9.69 Å². The van der Waals surface area contributed by atoms with Crippen LogP contribution >= 0.6 is 23.3 Å². The van der Waals surface area contributed by atoms with Crippen molar-refractivity contribution in [1.29, 1.82) is 0 Å². The Labute approximate surface area is 188 Å². The van der Waals surface area contributed by atoms with Crippen LogP contribution in [0.2, 0.25) is 0 Å². The number of aromatic nitrogens is 3. The monoisotopic (exact) mass is 450 g/mol. The van der Waals surface area contributed by atoms with Gasteiger partial charge >= 0.3 is 0 Å². The van der Waals surface area contributed by atoms with Crippen molar-refractivity contribution in [2.45, 2.75) is 32.0 Å². The summed E-state index contributed by atoms with van der Waals surface area (Å²) in [6.07, 6.45) is 0.792. The van der Waals surface area contributed by atoms with Crippen LogP contribution in [0.3, 0.4) is 0 Å². The van der Waals surface area contributed by atoms with E-state index in [0.29, 0.717) is 27.6 Å². The van der Waals surface area contributed by atoms with Gasteiger partial charge in [-0.3, -0.25) is 14.2 Å². The lowest BCUT2D eigenvalue weighted by atomic mass is 10.1. The van der Waals surface area contributed by atoms with Crippen molar-refractivity contribution >= 4 is 45.1 Å². The summed E-state index contributed by atoms with van der Waals surface area (Å²) in [6.45, 7) is 4.51. The molecule has 2 aromatic heterocycles. The molecule has 0 radical (unpaired) electrons. The topological polar surface area (TPSA) is 76.9 Å². The number of carbonyl (C=O) groups excluding carboxylic acids is 1. The number of para-hydroxylation sites is 1. The molecule has 0 aliphatic carbocycles. The number of anilines is 1. The van der Waals surface area contributed by atoms with E-state index in [4.69, 9.17) is 4.98 Å². The van der Waals surface area contributed by atoms with Crippen LogP contribution in [0.1, 0.15) is 18.9 Å². The second-order valence-electron chi connectivity index (χ2n) is 7.08. The summed E-state index contributed by atoms with van der Waals surface area (Å²) >= 11 is 2.45. The molecule has 0 unspecified atom stereocenters. The minimum absolute atomic E-state index is 0.103. The Bertz CT molecular complexity index is 1280. The third-order valence-corrected chi connectivity index (χ3v) is 6.59. The Kier molecular flexibility index (Phi) is 6.48. The number of amides is 1. The smallest absolute Gasteiger partial charge is 0.273 e. The van der Waals surface area contributed by atoms with E-state index >= 15 is 0 Å². The maximum Gasteiger partial charge on any atom is 0.273 e. The van der Waals surface area contributed by atoms with Crippen LogP contribution in [0.25, 0.3) is 21.5 Å². The second kappa shape index (κ2) is 9.45. The molecular formula is C23H22N4O2S2. The highest BCUT2D eigenvalue weighted by Gasteiger charge is 2.19. The van der Waals surface area contributed by atoms with Gasteiger partial charge in [0.25, 0.3) is 5.56 Å². The van der Waals surface area contributed by atoms with E-state index in [-0.39, 0.29) is 17.2 Å². The fraction of sp³-hybridized carbons (Fsp3) is 0.217. The zero-order valence-corrected chi connectivity index (χ0v) is 18.9. The van der Waals surface area contributed by atoms with E-state index in [1.807, 2.05) is 68.4 Å². The molecule has 2 aromatic carbocycles. The summed E-state index contributed by atoms with van der Waals surface area (Å²) in [5.41, 5.74) is 3.90. The van der Waals surface area contributed by atoms with Crippen LogP contribution in [-0.2, 0) is 11.3 Å². The molecule has 0 saturated carbocycles. The summed E-state index contributed by atoms with van der Waals surface area (Å²) < 4.78 is 6.70. The molecule has 0 spiro atoms. The maximum atomic E-state index is 13.1. The number of rotatable bonds is 7. The first-order chi connectivity index (χ1) is 15.1. The van der Waals surface area contributed by atoms with Gasteiger partial charge in [0.2, 0.25) is 5.91 Å². The number of benzene rings is 2. The molecule has 2 heterocycles. The van der Waals surface area contributed by atoms with Crippen LogP contribution in [0.5, 0.6) is 0 Å². The van der Waals surface area contributed by atoms with Crippen molar-refractivity contribution in [2.24, 2.45) is 0 Å². The summed E-state index contributed by atoms with van der Waals surface area (Å²) in [5, 5.41) is 3.47. The zero-order chi connectivity index (χ0) is 21.8. The molecule has 0 saturated heterocycles. The lowest BCUT2D eigenvalue weighted by Gasteiger charge is -2.12. The van der Waals surface area contributed by atoms with Crippen molar-refractivity contribution in [3.8, 4) is 11.3 Å². The summed E-state index contributed by atoms with van der Waals surface area (Å²) in [4.78, 5) is 30.5. The van der Waals surface area contributed by atoms with Crippen LogP contribution in [0, 0.1) is 6.92 Å². The first-order valence-corrected chi connectivity index (χ1v) is 11.8. The summed E-state index contributed by atoms with van der Waals surface area (Å²) in [6, 6.07) is 17.4. The fourth-order valence-corrected chi connectivity index (χ4v) is 4.85. The Morgan fingerprint density at radius 3 is 2.61 bits per heavy atom. The first kappa shape index (κ1) is 21.3. The lowest BCUT2D eigenvalue weighted by molar-refractivity contribution is -0.113. The van der Waals surface area contributed by atoms with Crippen molar-refractivity contribution in [3.05, 3.63) is 70.5 Å². The van der Waals surface area contributed by atoms with Gasteiger partial charge in [-0.1, -0.05) is 67.2 Å². The van der Waals surface area contributed by atoms with Crippen LogP contribution in [-0.4, -0.2) is 25.6 Å². The Balaban J connectivity index is 1.65. The molecule has 158 valence electrons. The van der Waals surface area contributed by atoms with Crippen molar-refractivity contribution < 1.29 is 4.79 Å². The highest BCUT2D eigenvalue weighted by molar-refractivity contribution is 7.99. The number of nitrogens with one attached hydrogen (secondary N) is 1. The molecule has 4 rings (SSSR count). The average Bonchev–Trinajstić information content (AvgIpc) is 3.21.